The number of nitrogens with zero attached hydrogens (tertiary/aromatic N) is 2. The molecule has 0 bridgehead atoms. The highest BCUT2D eigenvalue weighted by molar-refractivity contribution is 7.97. The van der Waals surface area contributed by atoms with Crippen LogP contribution < -0.4 is 0 Å². The monoisotopic (exact) mass is 364 g/mol. The Kier molecular flexibility index (Phi) is 5.60. The van der Waals surface area contributed by atoms with Crippen molar-refractivity contribution >= 4 is 35.0 Å². The van der Waals surface area contributed by atoms with E-state index in [1.165, 1.54) is 0 Å². The fraction of sp³-hybridized carbons (Fsp3) is 0.176. The van der Waals surface area contributed by atoms with Crippen LogP contribution in [-0.2, 0) is 17.9 Å². The molecule has 0 aliphatic carbocycles. The molecular formula is C17H14Cl2N2OS. The van der Waals surface area contributed by atoms with Crippen molar-refractivity contribution in [2.75, 3.05) is 0 Å². The number of halogens is 2. The molecule has 3 aromatic rings. The summed E-state index contributed by atoms with van der Waals surface area (Å²) in [6.07, 6.45) is 0.648. The first-order valence-corrected chi connectivity index (χ1v) is 8.99. The van der Waals surface area contributed by atoms with Gasteiger partial charge in [0.2, 0.25) is 11.8 Å². The van der Waals surface area contributed by atoms with Crippen LogP contribution in [0, 0.1) is 0 Å². The van der Waals surface area contributed by atoms with E-state index in [-0.39, 0.29) is 0 Å². The second kappa shape index (κ2) is 7.86. The average molecular weight is 365 g/mol. The summed E-state index contributed by atoms with van der Waals surface area (Å²) in [4.78, 5) is 0. The average Bonchev–Trinajstić information content (AvgIpc) is 2.99. The summed E-state index contributed by atoms with van der Waals surface area (Å²) in [6.45, 7) is 0. The molecule has 1 heterocycles. The van der Waals surface area contributed by atoms with E-state index in [4.69, 9.17) is 27.6 Å². The molecule has 3 rings (SSSR count). The van der Waals surface area contributed by atoms with Crippen molar-refractivity contribution in [1.82, 2.24) is 10.2 Å². The quantitative estimate of drug-likeness (QED) is 0.586. The Morgan fingerprint density at radius 1 is 0.826 bits per heavy atom. The predicted octanol–water partition coefficient (Wildman–Crippen LogP) is 5.40. The third kappa shape index (κ3) is 4.50. The number of aromatic nitrogens is 2. The molecule has 6 heteroatoms. The molecule has 0 aliphatic heterocycles. The van der Waals surface area contributed by atoms with Crippen LogP contribution in [0.3, 0.4) is 0 Å². The van der Waals surface area contributed by atoms with Crippen LogP contribution in [0.25, 0.3) is 0 Å². The van der Waals surface area contributed by atoms with Gasteiger partial charge in [-0.2, -0.15) is 0 Å². The van der Waals surface area contributed by atoms with Crippen LogP contribution in [0.4, 0.5) is 0 Å². The first-order valence-electron chi connectivity index (χ1n) is 7.08. The van der Waals surface area contributed by atoms with E-state index in [2.05, 4.69) is 10.2 Å². The first kappa shape index (κ1) is 16.4. The number of hydrogen-bond acceptors (Lipinski definition) is 4. The maximum absolute atomic E-state index is 6.16. The van der Waals surface area contributed by atoms with Crippen molar-refractivity contribution in [3.63, 3.8) is 0 Å². The van der Waals surface area contributed by atoms with Crippen molar-refractivity contribution in [3.05, 3.63) is 81.5 Å². The number of rotatable bonds is 6. The van der Waals surface area contributed by atoms with Crippen molar-refractivity contribution < 1.29 is 4.42 Å². The summed E-state index contributed by atoms with van der Waals surface area (Å²) in [5, 5.41) is 9.54. The lowest BCUT2D eigenvalue weighted by Gasteiger charge is -2.05. The van der Waals surface area contributed by atoms with Gasteiger partial charge in [-0.3, -0.25) is 0 Å². The molecule has 2 aromatic carbocycles. The zero-order valence-corrected chi connectivity index (χ0v) is 14.5. The number of hydrogen-bond donors (Lipinski definition) is 0. The van der Waals surface area contributed by atoms with E-state index >= 15 is 0 Å². The van der Waals surface area contributed by atoms with E-state index in [0.717, 1.165) is 11.1 Å². The van der Waals surface area contributed by atoms with Gasteiger partial charge in [0, 0.05) is 15.8 Å². The molecular weight excluding hydrogens is 351 g/mol. The van der Waals surface area contributed by atoms with Gasteiger partial charge in [-0.05, 0) is 23.3 Å². The molecule has 23 heavy (non-hydrogen) atoms. The summed E-state index contributed by atoms with van der Waals surface area (Å²) in [5.41, 5.74) is 2.09. The van der Waals surface area contributed by atoms with Crippen molar-refractivity contribution in [2.24, 2.45) is 0 Å². The molecule has 0 amide bonds. The van der Waals surface area contributed by atoms with Gasteiger partial charge in [0.05, 0.1) is 12.2 Å². The SMILES string of the molecule is Clc1cccc(Cl)c1CSCc1nnc(Cc2ccccc2)o1. The van der Waals surface area contributed by atoms with E-state index in [0.29, 0.717) is 39.8 Å². The summed E-state index contributed by atoms with van der Waals surface area (Å²) >= 11 is 14.0. The molecule has 0 saturated heterocycles. The summed E-state index contributed by atoms with van der Waals surface area (Å²) in [6, 6.07) is 15.6. The minimum atomic E-state index is 0.615. The second-order valence-corrected chi connectivity index (χ2v) is 6.74. The normalized spacial score (nSPS) is 10.9. The summed E-state index contributed by atoms with van der Waals surface area (Å²) in [7, 11) is 0. The maximum Gasteiger partial charge on any atom is 0.226 e. The van der Waals surface area contributed by atoms with Crippen molar-refractivity contribution in [2.45, 2.75) is 17.9 Å². The molecule has 0 radical (unpaired) electrons. The van der Waals surface area contributed by atoms with Crippen LogP contribution in [-0.4, -0.2) is 10.2 Å². The Labute approximate surface area is 149 Å². The highest BCUT2D eigenvalue weighted by Crippen LogP contribution is 2.29. The highest BCUT2D eigenvalue weighted by atomic mass is 35.5. The van der Waals surface area contributed by atoms with Crippen LogP contribution in [0.15, 0.2) is 52.9 Å². The van der Waals surface area contributed by atoms with Crippen molar-refractivity contribution in [1.29, 1.82) is 0 Å². The van der Waals surface area contributed by atoms with E-state index < -0.39 is 0 Å². The molecule has 0 atom stereocenters. The summed E-state index contributed by atoms with van der Waals surface area (Å²) < 4.78 is 5.68. The lowest BCUT2D eigenvalue weighted by molar-refractivity contribution is 0.474. The van der Waals surface area contributed by atoms with Gasteiger partial charge in [0.15, 0.2) is 0 Å². The number of benzene rings is 2. The van der Waals surface area contributed by atoms with Crippen LogP contribution >= 0.6 is 35.0 Å². The third-order valence-corrected chi connectivity index (χ3v) is 4.89. The van der Waals surface area contributed by atoms with Gasteiger partial charge in [0.25, 0.3) is 0 Å². The lowest BCUT2D eigenvalue weighted by Crippen LogP contribution is -1.87. The Morgan fingerprint density at radius 2 is 1.52 bits per heavy atom. The van der Waals surface area contributed by atoms with Crippen LogP contribution in [0.2, 0.25) is 10.0 Å². The molecule has 0 spiro atoms. The fourth-order valence-electron chi connectivity index (χ4n) is 2.10. The van der Waals surface area contributed by atoms with Gasteiger partial charge in [-0.25, -0.2) is 0 Å². The molecule has 0 aliphatic rings. The standard InChI is InChI=1S/C17H14Cl2N2OS/c18-14-7-4-8-15(19)13(14)10-23-11-17-21-20-16(22-17)9-12-5-2-1-3-6-12/h1-8H,9-11H2. The Bertz CT molecular complexity index is 757. The maximum atomic E-state index is 6.16. The minimum Gasteiger partial charge on any atom is -0.424 e. The third-order valence-electron chi connectivity index (χ3n) is 3.24. The zero-order chi connectivity index (χ0) is 16.1. The van der Waals surface area contributed by atoms with E-state index in [1.54, 1.807) is 11.8 Å². The van der Waals surface area contributed by atoms with Gasteiger partial charge < -0.3 is 4.42 Å². The first-order chi connectivity index (χ1) is 11.2. The Morgan fingerprint density at radius 3 is 2.26 bits per heavy atom. The summed E-state index contributed by atoms with van der Waals surface area (Å²) in [5.74, 6) is 2.57. The number of thioether (sulfide) groups is 1. The zero-order valence-electron chi connectivity index (χ0n) is 12.2. The fourth-order valence-corrected chi connectivity index (χ4v) is 3.70. The molecule has 0 fully saturated rings. The van der Waals surface area contributed by atoms with Gasteiger partial charge in [-0.15, -0.1) is 22.0 Å². The van der Waals surface area contributed by atoms with E-state index in [9.17, 15) is 0 Å². The molecule has 0 saturated carbocycles. The van der Waals surface area contributed by atoms with Crippen molar-refractivity contribution in [3.8, 4) is 0 Å². The molecule has 1 aromatic heterocycles. The van der Waals surface area contributed by atoms with Crippen LogP contribution in [0.1, 0.15) is 22.9 Å². The topological polar surface area (TPSA) is 38.9 Å². The molecule has 0 unspecified atom stereocenters. The lowest BCUT2D eigenvalue weighted by atomic mass is 10.2. The van der Waals surface area contributed by atoms with Gasteiger partial charge in [0.1, 0.15) is 0 Å². The Hall–Kier alpha value is -1.49. The highest BCUT2D eigenvalue weighted by Gasteiger charge is 2.09. The molecule has 118 valence electrons. The van der Waals surface area contributed by atoms with Gasteiger partial charge >= 0.3 is 0 Å². The largest absolute Gasteiger partial charge is 0.424 e. The Balaban J connectivity index is 1.55. The van der Waals surface area contributed by atoms with Crippen LogP contribution in [0.5, 0.6) is 0 Å². The minimum absolute atomic E-state index is 0.615. The smallest absolute Gasteiger partial charge is 0.226 e. The predicted molar refractivity (Wildman–Crippen MR) is 95.0 cm³/mol. The second-order valence-electron chi connectivity index (χ2n) is 4.94. The van der Waals surface area contributed by atoms with Gasteiger partial charge in [-0.1, -0.05) is 59.6 Å². The van der Waals surface area contributed by atoms with E-state index in [1.807, 2.05) is 48.5 Å². The molecule has 3 nitrogen and oxygen atoms in total. The molecule has 0 N–H and O–H groups in total.